The van der Waals surface area contributed by atoms with Crippen molar-refractivity contribution in [1.29, 1.82) is 0 Å². The predicted molar refractivity (Wildman–Crippen MR) is 133 cm³/mol. The van der Waals surface area contributed by atoms with Gasteiger partial charge in [-0.05, 0) is 35.9 Å². The molecule has 33 heavy (non-hydrogen) atoms. The van der Waals surface area contributed by atoms with Crippen LogP contribution in [0, 0.1) is 0 Å². The van der Waals surface area contributed by atoms with E-state index in [1.807, 2.05) is 54.6 Å². The predicted octanol–water partition coefficient (Wildman–Crippen LogP) is 4.93. The lowest BCUT2D eigenvalue weighted by Crippen LogP contribution is -2.26. The molecule has 1 amide bonds. The van der Waals surface area contributed by atoms with Gasteiger partial charge in [0.15, 0.2) is 5.16 Å². The van der Waals surface area contributed by atoms with Gasteiger partial charge in [0.05, 0.1) is 11.4 Å². The van der Waals surface area contributed by atoms with E-state index in [4.69, 9.17) is 16.6 Å². The standard InChI is InChI=1S/C25H19ClN4O2S/c26-17-10-12-18(13-11-17)30-24(32)23-22(19-8-4-5-9-20(19)28-23)29-25(30)33-15-21(31)27-14-16-6-2-1-3-7-16/h1-13,28H,14-15H2,(H,27,31). The molecule has 2 N–H and O–H groups in total. The number of H-pyrrole nitrogens is 1. The van der Waals surface area contributed by atoms with Crippen LogP contribution in [0.1, 0.15) is 5.56 Å². The number of carbonyl (C=O) groups is 1. The van der Waals surface area contributed by atoms with Crippen LogP contribution in [0.4, 0.5) is 0 Å². The van der Waals surface area contributed by atoms with Gasteiger partial charge in [-0.25, -0.2) is 4.98 Å². The monoisotopic (exact) mass is 474 g/mol. The maximum absolute atomic E-state index is 13.5. The van der Waals surface area contributed by atoms with Gasteiger partial charge in [0, 0.05) is 22.5 Å². The fourth-order valence-corrected chi connectivity index (χ4v) is 4.60. The fourth-order valence-electron chi connectivity index (χ4n) is 3.63. The highest BCUT2D eigenvalue weighted by atomic mass is 35.5. The van der Waals surface area contributed by atoms with Crippen LogP contribution in [-0.2, 0) is 11.3 Å². The number of hydrogen-bond acceptors (Lipinski definition) is 4. The minimum atomic E-state index is -0.231. The number of hydrogen-bond donors (Lipinski definition) is 2. The first kappa shape index (κ1) is 21.3. The van der Waals surface area contributed by atoms with Crippen LogP contribution in [0.15, 0.2) is 88.8 Å². The Morgan fingerprint density at radius 3 is 2.52 bits per heavy atom. The quantitative estimate of drug-likeness (QED) is 0.270. The first-order chi connectivity index (χ1) is 16.1. The lowest BCUT2D eigenvalue weighted by molar-refractivity contribution is -0.118. The van der Waals surface area contributed by atoms with Crippen molar-refractivity contribution in [3.05, 3.63) is 99.8 Å². The third-order valence-corrected chi connectivity index (χ3v) is 6.43. The topological polar surface area (TPSA) is 79.8 Å². The van der Waals surface area contributed by atoms with Crippen molar-refractivity contribution in [2.24, 2.45) is 0 Å². The number of nitrogens with zero attached hydrogens (tertiary/aromatic N) is 2. The molecular formula is C25H19ClN4O2S. The van der Waals surface area contributed by atoms with E-state index in [0.29, 0.717) is 33.4 Å². The average Bonchev–Trinajstić information content (AvgIpc) is 3.22. The average molecular weight is 475 g/mol. The largest absolute Gasteiger partial charge is 0.351 e. The van der Waals surface area contributed by atoms with Crippen LogP contribution >= 0.6 is 23.4 Å². The molecule has 5 rings (SSSR count). The number of amides is 1. The summed E-state index contributed by atoms with van der Waals surface area (Å²) in [7, 11) is 0. The Morgan fingerprint density at radius 2 is 1.73 bits per heavy atom. The van der Waals surface area contributed by atoms with Gasteiger partial charge in [0.25, 0.3) is 5.56 Å². The Hall–Kier alpha value is -3.55. The van der Waals surface area contributed by atoms with E-state index in [-0.39, 0.29) is 17.2 Å². The normalized spacial score (nSPS) is 11.2. The van der Waals surface area contributed by atoms with Crippen LogP contribution in [-0.4, -0.2) is 26.2 Å². The fraction of sp³-hybridized carbons (Fsp3) is 0.0800. The molecule has 3 aromatic carbocycles. The second-order valence-corrected chi connectivity index (χ2v) is 8.84. The molecule has 0 unspecified atom stereocenters. The number of nitrogens with one attached hydrogen (secondary N) is 2. The van der Waals surface area contributed by atoms with Gasteiger partial charge in [-0.1, -0.05) is 71.9 Å². The van der Waals surface area contributed by atoms with Crippen LogP contribution in [0.2, 0.25) is 5.02 Å². The maximum atomic E-state index is 13.5. The van der Waals surface area contributed by atoms with E-state index >= 15 is 0 Å². The molecule has 0 bridgehead atoms. The zero-order chi connectivity index (χ0) is 22.8. The van der Waals surface area contributed by atoms with Crippen LogP contribution in [0.25, 0.3) is 27.6 Å². The number of carbonyl (C=O) groups excluding carboxylic acids is 1. The third kappa shape index (κ3) is 4.37. The highest BCUT2D eigenvalue weighted by molar-refractivity contribution is 7.99. The SMILES string of the molecule is O=C(CSc1nc2c([nH]c3ccccc32)c(=O)n1-c1ccc(Cl)cc1)NCc1ccccc1. The van der Waals surface area contributed by atoms with Crippen LogP contribution in [0.3, 0.4) is 0 Å². The molecule has 2 aromatic heterocycles. The molecular weight excluding hydrogens is 456 g/mol. The van der Waals surface area contributed by atoms with Gasteiger partial charge in [-0.15, -0.1) is 0 Å². The van der Waals surface area contributed by atoms with Crippen molar-refractivity contribution in [3.63, 3.8) is 0 Å². The summed E-state index contributed by atoms with van der Waals surface area (Å²) < 4.78 is 1.52. The summed E-state index contributed by atoms with van der Waals surface area (Å²) in [4.78, 5) is 34.0. The molecule has 0 aliphatic heterocycles. The summed E-state index contributed by atoms with van der Waals surface area (Å²) in [6.45, 7) is 0.444. The van der Waals surface area contributed by atoms with Crippen LogP contribution in [0.5, 0.6) is 0 Å². The summed E-state index contributed by atoms with van der Waals surface area (Å²) in [5.41, 5.74) is 3.27. The maximum Gasteiger partial charge on any atom is 0.283 e. The molecule has 0 fully saturated rings. The van der Waals surface area contributed by atoms with E-state index < -0.39 is 0 Å². The van der Waals surface area contributed by atoms with Crippen molar-refractivity contribution in [2.75, 3.05) is 5.75 Å². The smallest absolute Gasteiger partial charge is 0.283 e. The Morgan fingerprint density at radius 1 is 1.00 bits per heavy atom. The van der Waals surface area contributed by atoms with Gasteiger partial charge < -0.3 is 10.3 Å². The zero-order valence-electron chi connectivity index (χ0n) is 17.4. The third-order valence-electron chi connectivity index (χ3n) is 5.24. The Kier molecular flexibility index (Phi) is 5.90. The molecule has 0 aliphatic rings. The summed E-state index contributed by atoms with van der Waals surface area (Å²) in [6, 6.07) is 24.3. The number of fused-ring (bicyclic) bond motifs is 3. The molecule has 6 nitrogen and oxygen atoms in total. The molecule has 0 aliphatic carbocycles. The van der Waals surface area contributed by atoms with Crippen molar-refractivity contribution in [2.45, 2.75) is 11.7 Å². The van der Waals surface area contributed by atoms with E-state index in [0.717, 1.165) is 16.5 Å². The molecule has 5 aromatic rings. The van der Waals surface area contributed by atoms with Gasteiger partial charge in [-0.2, -0.15) is 0 Å². The molecule has 0 saturated heterocycles. The first-order valence-electron chi connectivity index (χ1n) is 10.3. The Bertz CT molecular complexity index is 1510. The number of aromatic amines is 1. The Balaban J connectivity index is 1.51. The number of rotatable bonds is 6. The number of para-hydroxylation sites is 1. The molecule has 0 saturated carbocycles. The molecule has 8 heteroatoms. The molecule has 0 atom stereocenters. The van der Waals surface area contributed by atoms with Crippen molar-refractivity contribution < 1.29 is 4.79 Å². The summed E-state index contributed by atoms with van der Waals surface area (Å²) in [5, 5.41) is 4.79. The van der Waals surface area contributed by atoms with Crippen LogP contribution < -0.4 is 10.9 Å². The number of benzene rings is 3. The highest BCUT2D eigenvalue weighted by Crippen LogP contribution is 2.26. The summed E-state index contributed by atoms with van der Waals surface area (Å²) >= 11 is 7.27. The van der Waals surface area contributed by atoms with E-state index in [2.05, 4.69) is 10.3 Å². The van der Waals surface area contributed by atoms with Crippen molar-refractivity contribution >= 4 is 51.2 Å². The zero-order valence-corrected chi connectivity index (χ0v) is 19.0. The van der Waals surface area contributed by atoms with Gasteiger partial charge in [-0.3, -0.25) is 14.2 Å². The van der Waals surface area contributed by atoms with Crippen molar-refractivity contribution in [3.8, 4) is 5.69 Å². The minimum Gasteiger partial charge on any atom is -0.351 e. The Labute approximate surface area is 198 Å². The van der Waals surface area contributed by atoms with Gasteiger partial charge in [0.2, 0.25) is 5.91 Å². The first-order valence-corrected chi connectivity index (χ1v) is 11.7. The van der Waals surface area contributed by atoms with Gasteiger partial charge in [0.1, 0.15) is 11.0 Å². The van der Waals surface area contributed by atoms with Gasteiger partial charge >= 0.3 is 0 Å². The van der Waals surface area contributed by atoms with E-state index in [1.165, 1.54) is 16.3 Å². The molecule has 0 radical (unpaired) electrons. The van der Waals surface area contributed by atoms with E-state index in [1.54, 1.807) is 24.3 Å². The lowest BCUT2D eigenvalue weighted by atomic mass is 10.2. The molecule has 2 heterocycles. The second kappa shape index (κ2) is 9.13. The highest BCUT2D eigenvalue weighted by Gasteiger charge is 2.18. The lowest BCUT2D eigenvalue weighted by Gasteiger charge is -2.12. The second-order valence-electron chi connectivity index (χ2n) is 7.46. The summed E-state index contributed by atoms with van der Waals surface area (Å²) in [5.74, 6) is -0.0134. The number of thioether (sulfide) groups is 1. The molecule has 0 spiro atoms. The summed E-state index contributed by atoms with van der Waals surface area (Å²) in [6.07, 6.45) is 0. The van der Waals surface area contributed by atoms with Crippen molar-refractivity contribution in [1.82, 2.24) is 19.9 Å². The number of aromatic nitrogens is 3. The van der Waals surface area contributed by atoms with E-state index in [9.17, 15) is 9.59 Å². The minimum absolute atomic E-state index is 0.126. The molecule has 164 valence electrons. The number of halogens is 1.